The molecule has 0 saturated heterocycles. The van der Waals surface area contributed by atoms with Gasteiger partial charge in [0, 0.05) is 0 Å². The molecule has 0 fully saturated rings. The van der Waals surface area contributed by atoms with Crippen molar-refractivity contribution in [2.24, 2.45) is 0 Å². The van der Waals surface area contributed by atoms with Gasteiger partial charge in [0.1, 0.15) is 0 Å². The summed E-state index contributed by atoms with van der Waals surface area (Å²) in [5, 5.41) is 3.83. The van der Waals surface area contributed by atoms with Crippen LogP contribution in [0.15, 0.2) is 72.8 Å². The summed E-state index contributed by atoms with van der Waals surface area (Å²) in [5.74, 6) is 0. The van der Waals surface area contributed by atoms with Crippen LogP contribution in [0.5, 0.6) is 0 Å². The molecule has 2 nitrogen and oxygen atoms in total. The monoisotopic (exact) mass is 421 g/mol. The molecule has 0 atom stereocenters. The zero-order valence-corrected chi connectivity index (χ0v) is 19.9. The second-order valence-corrected chi connectivity index (χ2v) is 12.1. The number of hydrogen-bond acceptors (Lipinski definition) is 2. The Bertz CT molecular complexity index is 829. The third-order valence-corrected chi connectivity index (χ3v) is 11.6. The molecule has 0 aromatic heterocycles. The van der Waals surface area contributed by atoms with E-state index in [1.165, 1.54) is 32.6 Å². The van der Waals surface area contributed by atoms with Crippen molar-refractivity contribution in [2.45, 2.75) is 39.1 Å². The molecule has 0 spiro atoms. The summed E-state index contributed by atoms with van der Waals surface area (Å²) in [4.78, 5) is 0. The fraction of sp³-hybridized carbons (Fsp3) is 0.296. The fourth-order valence-corrected chi connectivity index (χ4v) is 10.1. The minimum atomic E-state index is -2.78. The van der Waals surface area contributed by atoms with Gasteiger partial charge in [0.25, 0.3) is 0 Å². The van der Waals surface area contributed by atoms with Crippen LogP contribution in [0.4, 0.5) is 0 Å². The molecule has 0 aliphatic heterocycles. The molecule has 0 aliphatic carbocycles. The van der Waals surface area contributed by atoms with Crippen molar-refractivity contribution in [1.82, 2.24) is 0 Å². The van der Waals surface area contributed by atoms with Gasteiger partial charge < -0.3 is 0 Å². The molecular weight excluding hydrogens is 387 g/mol. The molecule has 0 saturated carbocycles. The summed E-state index contributed by atoms with van der Waals surface area (Å²) in [6, 6.07) is 26.7. The molecular formula is C27H34O2P. The van der Waals surface area contributed by atoms with E-state index in [1.807, 2.05) is 0 Å². The van der Waals surface area contributed by atoms with Crippen molar-refractivity contribution in [1.29, 1.82) is 0 Å². The number of methoxy groups -OCH3 is 2. The zero-order valence-electron chi connectivity index (χ0n) is 18.9. The van der Waals surface area contributed by atoms with E-state index >= 15 is 0 Å². The van der Waals surface area contributed by atoms with Crippen LogP contribution in [0.3, 0.4) is 0 Å². The van der Waals surface area contributed by atoms with Crippen LogP contribution >= 0.6 is 7.26 Å². The molecule has 1 radical (unpaired) electrons. The Morgan fingerprint density at radius 3 is 1.17 bits per heavy atom. The molecule has 3 aromatic carbocycles. The van der Waals surface area contributed by atoms with E-state index in [0.717, 1.165) is 6.42 Å². The minimum absolute atomic E-state index is 0.710. The zero-order chi connectivity index (χ0) is 21.8. The van der Waals surface area contributed by atoms with Gasteiger partial charge in [-0.25, -0.2) is 0 Å². The van der Waals surface area contributed by atoms with Crippen molar-refractivity contribution < 1.29 is 9.47 Å². The van der Waals surface area contributed by atoms with E-state index in [0.29, 0.717) is 6.42 Å². The molecule has 0 N–H and O–H groups in total. The Morgan fingerprint density at radius 2 is 0.933 bits per heavy atom. The summed E-state index contributed by atoms with van der Waals surface area (Å²) < 4.78 is 12.7. The van der Waals surface area contributed by atoms with Gasteiger partial charge in [-0.3, -0.25) is 0 Å². The summed E-state index contributed by atoms with van der Waals surface area (Å²) >= 11 is 0. The third kappa shape index (κ3) is 3.85. The van der Waals surface area contributed by atoms with E-state index in [9.17, 15) is 0 Å². The SMILES string of the molecule is [CH2]CCC(OC)(OC)[PH](c1ccc(C)cc1)(c1ccc(C)cc1)c1ccc(C)cc1. The second-order valence-electron chi connectivity index (χ2n) is 8.11. The summed E-state index contributed by atoms with van der Waals surface area (Å²) in [6.45, 7) is 10.5. The summed E-state index contributed by atoms with van der Waals surface area (Å²) in [5.41, 5.74) is 2.94. The molecule has 0 heterocycles. The van der Waals surface area contributed by atoms with Gasteiger partial charge in [0.15, 0.2) is 0 Å². The van der Waals surface area contributed by atoms with Crippen molar-refractivity contribution in [3.8, 4) is 0 Å². The number of hydrogen-bond donors (Lipinski definition) is 0. The molecule has 0 amide bonds. The van der Waals surface area contributed by atoms with Gasteiger partial charge in [-0.15, -0.1) is 0 Å². The van der Waals surface area contributed by atoms with Crippen LogP contribution in [0.25, 0.3) is 0 Å². The van der Waals surface area contributed by atoms with Gasteiger partial charge in [-0.1, -0.05) is 0 Å². The van der Waals surface area contributed by atoms with Gasteiger partial charge in [0.05, 0.1) is 0 Å². The Morgan fingerprint density at radius 1 is 0.633 bits per heavy atom. The summed E-state index contributed by atoms with van der Waals surface area (Å²) in [6.07, 6.45) is 1.43. The Balaban J connectivity index is 2.48. The van der Waals surface area contributed by atoms with Crippen LogP contribution in [-0.4, -0.2) is 19.7 Å². The van der Waals surface area contributed by atoms with Gasteiger partial charge in [-0.2, -0.15) is 0 Å². The van der Waals surface area contributed by atoms with Crippen molar-refractivity contribution in [3.63, 3.8) is 0 Å². The van der Waals surface area contributed by atoms with Crippen LogP contribution < -0.4 is 15.9 Å². The molecule has 3 rings (SSSR count). The number of aryl methyl sites for hydroxylation is 3. The third-order valence-electron chi connectivity index (χ3n) is 6.19. The first-order valence-electron chi connectivity index (χ1n) is 10.5. The number of benzene rings is 3. The van der Waals surface area contributed by atoms with E-state index < -0.39 is 12.8 Å². The molecule has 3 aromatic rings. The predicted octanol–water partition coefficient (Wildman–Crippen LogP) is 5.20. The number of ether oxygens (including phenoxy) is 2. The first kappa shape index (κ1) is 22.7. The second kappa shape index (κ2) is 9.43. The average Bonchev–Trinajstić information content (AvgIpc) is 2.76. The van der Waals surface area contributed by atoms with Crippen molar-refractivity contribution >= 4 is 23.2 Å². The maximum atomic E-state index is 6.35. The standard InChI is InChI=1S/C27H34O2P/c1-7-20-27(28-5,29-6)30(24-14-8-21(2)9-15-24,25-16-10-22(3)11-17-25)26-18-12-23(4)13-19-26/h8-19,30H,1,7,20H2,2-6H3. The Labute approximate surface area is 182 Å². The summed E-state index contributed by atoms with van der Waals surface area (Å²) in [7, 11) is 0.773. The average molecular weight is 422 g/mol. The Kier molecular flexibility index (Phi) is 7.14. The normalized spacial score (nSPS) is 12.7. The van der Waals surface area contributed by atoms with Crippen LogP contribution in [-0.2, 0) is 9.47 Å². The molecule has 3 heteroatoms. The van der Waals surface area contributed by atoms with Gasteiger partial charge in [-0.05, 0) is 0 Å². The van der Waals surface area contributed by atoms with Gasteiger partial charge >= 0.3 is 182 Å². The molecule has 30 heavy (non-hydrogen) atoms. The van der Waals surface area contributed by atoms with E-state index in [4.69, 9.17) is 9.47 Å². The maximum absolute atomic E-state index is 6.35. The first-order chi connectivity index (χ1) is 14.4. The predicted molar refractivity (Wildman–Crippen MR) is 132 cm³/mol. The fourth-order valence-electron chi connectivity index (χ4n) is 4.58. The van der Waals surface area contributed by atoms with E-state index in [2.05, 4.69) is 100 Å². The topological polar surface area (TPSA) is 18.5 Å². The van der Waals surface area contributed by atoms with E-state index in [1.54, 1.807) is 14.2 Å². The van der Waals surface area contributed by atoms with Crippen molar-refractivity contribution in [3.05, 3.63) is 96.4 Å². The van der Waals surface area contributed by atoms with Crippen LogP contribution in [0.1, 0.15) is 29.5 Å². The molecule has 0 aliphatic rings. The van der Waals surface area contributed by atoms with E-state index in [-0.39, 0.29) is 0 Å². The molecule has 0 bridgehead atoms. The molecule has 0 unspecified atom stereocenters. The van der Waals surface area contributed by atoms with Gasteiger partial charge in [0.2, 0.25) is 0 Å². The Hall–Kier alpha value is -1.99. The first-order valence-corrected chi connectivity index (χ1v) is 12.5. The van der Waals surface area contributed by atoms with Crippen LogP contribution in [0, 0.1) is 27.7 Å². The number of rotatable bonds is 8. The quantitative estimate of drug-likeness (QED) is 0.368. The molecule has 159 valence electrons. The van der Waals surface area contributed by atoms with Crippen LogP contribution in [0.2, 0.25) is 0 Å². The van der Waals surface area contributed by atoms with Crippen molar-refractivity contribution in [2.75, 3.05) is 14.2 Å².